The fourth-order valence-electron chi connectivity index (χ4n) is 6.45. The first-order chi connectivity index (χ1) is 15.3. The smallest absolute Gasteiger partial charge is 0.220 e. The van der Waals surface area contributed by atoms with Crippen LogP contribution in [0.3, 0.4) is 0 Å². The molecular formula is C26H41N3O2. The summed E-state index contributed by atoms with van der Waals surface area (Å²) < 4.78 is 5.32. The molecule has 0 spiro atoms. The maximum atomic E-state index is 12.3. The minimum atomic E-state index is 0.172. The number of hydrogen-bond donors (Lipinski definition) is 1. The van der Waals surface area contributed by atoms with Crippen molar-refractivity contribution in [2.24, 2.45) is 11.8 Å². The van der Waals surface area contributed by atoms with Gasteiger partial charge in [-0.15, -0.1) is 0 Å². The predicted molar refractivity (Wildman–Crippen MR) is 125 cm³/mol. The maximum Gasteiger partial charge on any atom is 0.220 e. The van der Waals surface area contributed by atoms with Crippen molar-refractivity contribution in [3.63, 3.8) is 0 Å². The summed E-state index contributed by atoms with van der Waals surface area (Å²) in [7, 11) is 0. The highest BCUT2D eigenvalue weighted by Gasteiger charge is 2.48. The minimum absolute atomic E-state index is 0.172. The van der Waals surface area contributed by atoms with E-state index < -0.39 is 0 Å². The van der Waals surface area contributed by atoms with E-state index in [-0.39, 0.29) is 5.91 Å². The summed E-state index contributed by atoms with van der Waals surface area (Å²) in [5.74, 6) is 1.75. The zero-order valence-corrected chi connectivity index (χ0v) is 19.3. The molecule has 1 aromatic rings. The highest BCUT2D eigenvalue weighted by atomic mass is 16.5. The Morgan fingerprint density at radius 1 is 1.16 bits per heavy atom. The van der Waals surface area contributed by atoms with Gasteiger partial charge in [-0.3, -0.25) is 14.6 Å². The summed E-state index contributed by atoms with van der Waals surface area (Å²) in [6, 6.07) is 12.3. The zero-order chi connectivity index (χ0) is 21.5. The van der Waals surface area contributed by atoms with E-state index in [4.69, 9.17) is 4.74 Å². The number of benzene rings is 1. The largest absolute Gasteiger partial charge is 0.380 e. The van der Waals surface area contributed by atoms with Gasteiger partial charge in [0, 0.05) is 44.7 Å². The lowest BCUT2D eigenvalue weighted by Gasteiger charge is -2.57. The number of carbonyl (C=O) groups is 1. The lowest BCUT2D eigenvalue weighted by atomic mass is 9.69. The number of ether oxygens (including phenoxy) is 1. The van der Waals surface area contributed by atoms with E-state index in [1.807, 2.05) is 6.92 Å². The molecule has 3 saturated heterocycles. The summed E-state index contributed by atoms with van der Waals surface area (Å²) in [4.78, 5) is 17.9. The van der Waals surface area contributed by atoms with Gasteiger partial charge in [0.05, 0.1) is 6.61 Å². The van der Waals surface area contributed by atoms with Crippen LogP contribution in [0.2, 0.25) is 0 Å². The summed E-state index contributed by atoms with van der Waals surface area (Å²) in [6.07, 6.45) is 8.18. The van der Waals surface area contributed by atoms with Gasteiger partial charge in [0.1, 0.15) is 0 Å². The average Bonchev–Trinajstić information content (AvgIpc) is 2.79. The molecule has 31 heavy (non-hydrogen) atoms. The van der Waals surface area contributed by atoms with Crippen molar-refractivity contribution in [3.8, 4) is 0 Å². The van der Waals surface area contributed by atoms with Crippen molar-refractivity contribution in [2.45, 2.75) is 70.5 Å². The van der Waals surface area contributed by atoms with Crippen LogP contribution in [0, 0.1) is 11.8 Å². The molecule has 1 amide bonds. The summed E-state index contributed by atoms with van der Waals surface area (Å²) in [6.45, 7) is 8.78. The molecule has 172 valence electrons. The van der Waals surface area contributed by atoms with Gasteiger partial charge in [-0.25, -0.2) is 0 Å². The summed E-state index contributed by atoms with van der Waals surface area (Å²) in [5, 5.41) is 3.01. The molecular weight excluding hydrogens is 386 g/mol. The molecule has 5 heteroatoms. The van der Waals surface area contributed by atoms with Crippen LogP contribution >= 0.6 is 0 Å². The first kappa shape index (κ1) is 22.8. The van der Waals surface area contributed by atoms with Gasteiger partial charge in [0.15, 0.2) is 0 Å². The molecule has 5 nitrogen and oxygen atoms in total. The molecule has 1 aromatic carbocycles. The van der Waals surface area contributed by atoms with Crippen molar-refractivity contribution in [3.05, 3.63) is 35.9 Å². The van der Waals surface area contributed by atoms with Crippen molar-refractivity contribution in [1.82, 2.24) is 15.1 Å². The van der Waals surface area contributed by atoms with Crippen LogP contribution in [0.25, 0.3) is 0 Å². The molecule has 1 N–H and O–H groups in total. The van der Waals surface area contributed by atoms with Gasteiger partial charge < -0.3 is 10.1 Å². The van der Waals surface area contributed by atoms with Gasteiger partial charge in [-0.1, -0.05) is 30.3 Å². The van der Waals surface area contributed by atoms with Crippen LogP contribution in [0.1, 0.15) is 57.4 Å². The molecule has 3 heterocycles. The van der Waals surface area contributed by atoms with Crippen LogP contribution in [0.15, 0.2) is 30.3 Å². The standard InChI is InChI=1S/C26H41N3O2/c1-2-31-18-15-27-25(30)14-6-13-24-23-12-8-17-28-16-7-11-22(26(23)28)20-29(24)19-21-9-4-3-5-10-21/h3-5,9-10,22-24,26H,2,6-8,11-20H2,1H3,(H,27,30)/t22-,23+,24+,26-/m0/s1. The Bertz CT molecular complexity index is 680. The number of nitrogens with one attached hydrogen (secondary N) is 1. The Morgan fingerprint density at radius 3 is 2.77 bits per heavy atom. The van der Waals surface area contributed by atoms with Crippen LogP contribution in [-0.2, 0) is 16.1 Å². The third kappa shape index (κ3) is 5.88. The monoisotopic (exact) mass is 427 g/mol. The fourth-order valence-corrected chi connectivity index (χ4v) is 6.45. The first-order valence-corrected chi connectivity index (χ1v) is 12.6. The number of nitrogens with zero attached hydrogens (tertiary/aromatic N) is 2. The lowest BCUT2D eigenvalue weighted by Crippen LogP contribution is -2.64. The van der Waals surface area contributed by atoms with Gasteiger partial charge >= 0.3 is 0 Å². The van der Waals surface area contributed by atoms with Gasteiger partial charge in [0.25, 0.3) is 0 Å². The number of likely N-dealkylation sites (tertiary alicyclic amines) is 1. The molecule has 0 aliphatic carbocycles. The minimum Gasteiger partial charge on any atom is -0.380 e. The third-order valence-corrected chi connectivity index (χ3v) is 7.68. The quantitative estimate of drug-likeness (QED) is 0.579. The SMILES string of the molecule is CCOCCNC(=O)CCC[C@@H]1[C@H]2CCCN3CCC[C@@H](CN1Cc1ccccc1)[C@@H]23. The topological polar surface area (TPSA) is 44.8 Å². The predicted octanol–water partition coefficient (Wildman–Crippen LogP) is 3.68. The van der Waals surface area contributed by atoms with Gasteiger partial charge in [0.2, 0.25) is 5.91 Å². The number of amides is 1. The molecule has 0 bridgehead atoms. The van der Waals surface area contributed by atoms with E-state index in [1.54, 1.807) is 0 Å². The molecule has 3 aliphatic heterocycles. The molecule has 4 rings (SSSR count). The highest BCUT2D eigenvalue weighted by Crippen LogP contribution is 2.43. The molecule has 3 aliphatic rings. The summed E-state index contributed by atoms with van der Waals surface area (Å²) in [5.41, 5.74) is 1.42. The molecule has 0 aromatic heterocycles. The number of rotatable bonds is 10. The molecule has 0 radical (unpaired) electrons. The number of carbonyl (C=O) groups excluding carboxylic acids is 1. The highest BCUT2D eigenvalue weighted by molar-refractivity contribution is 5.75. The second-order valence-corrected chi connectivity index (χ2v) is 9.66. The Hall–Kier alpha value is -1.43. The van der Waals surface area contributed by atoms with Crippen LogP contribution in [0.4, 0.5) is 0 Å². The zero-order valence-electron chi connectivity index (χ0n) is 19.3. The lowest BCUT2D eigenvalue weighted by molar-refractivity contribution is -0.121. The Morgan fingerprint density at radius 2 is 1.97 bits per heavy atom. The summed E-state index contributed by atoms with van der Waals surface area (Å²) >= 11 is 0. The number of hydrogen-bond acceptors (Lipinski definition) is 4. The molecule has 0 unspecified atom stereocenters. The van der Waals surface area contributed by atoms with E-state index in [0.29, 0.717) is 32.2 Å². The van der Waals surface area contributed by atoms with Crippen molar-refractivity contribution in [2.75, 3.05) is 39.4 Å². The van der Waals surface area contributed by atoms with E-state index in [0.717, 1.165) is 37.3 Å². The van der Waals surface area contributed by atoms with E-state index in [2.05, 4.69) is 45.4 Å². The number of piperidine rings is 3. The van der Waals surface area contributed by atoms with Crippen LogP contribution < -0.4 is 5.32 Å². The third-order valence-electron chi connectivity index (χ3n) is 7.68. The van der Waals surface area contributed by atoms with Gasteiger partial charge in [-0.05, 0) is 75.9 Å². The van der Waals surface area contributed by atoms with E-state index >= 15 is 0 Å². The van der Waals surface area contributed by atoms with Crippen molar-refractivity contribution >= 4 is 5.91 Å². The normalized spacial score (nSPS) is 28.8. The van der Waals surface area contributed by atoms with Gasteiger partial charge in [-0.2, -0.15) is 0 Å². The Kier molecular flexibility index (Phi) is 8.40. The van der Waals surface area contributed by atoms with Crippen molar-refractivity contribution < 1.29 is 9.53 Å². The average molecular weight is 428 g/mol. The maximum absolute atomic E-state index is 12.3. The van der Waals surface area contributed by atoms with Crippen LogP contribution in [-0.4, -0.2) is 67.2 Å². The first-order valence-electron chi connectivity index (χ1n) is 12.6. The van der Waals surface area contributed by atoms with E-state index in [1.165, 1.54) is 50.9 Å². The van der Waals surface area contributed by atoms with Crippen LogP contribution in [0.5, 0.6) is 0 Å². The second-order valence-electron chi connectivity index (χ2n) is 9.66. The second kappa shape index (κ2) is 11.4. The molecule has 0 saturated carbocycles. The molecule has 3 fully saturated rings. The Labute approximate surface area is 188 Å². The van der Waals surface area contributed by atoms with Crippen molar-refractivity contribution in [1.29, 1.82) is 0 Å². The van der Waals surface area contributed by atoms with E-state index in [9.17, 15) is 4.79 Å². The molecule has 4 atom stereocenters. The fraction of sp³-hybridized carbons (Fsp3) is 0.731. The Balaban J connectivity index is 1.39.